The van der Waals surface area contributed by atoms with Crippen molar-refractivity contribution in [2.45, 2.75) is 32.2 Å². The Kier molecular flexibility index (Phi) is 2.82. The fourth-order valence-electron chi connectivity index (χ4n) is 2.51. The van der Waals surface area contributed by atoms with Crippen LogP contribution in [-0.2, 0) is 9.59 Å². The zero-order valence-corrected chi connectivity index (χ0v) is 9.35. The summed E-state index contributed by atoms with van der Waals surface area (Å²) in [6.07, 6.45) is 11.3. The highest BCUT2D eigenvalue weighted by molar-refractivity contribution is 6.06. The minimum absolute atomic E-state index is 0.0795. The maximum Gasteiger partial charge on any atom is 0.234 e. The molecule has 2 rings (SSSR count). The quantitative estimate of drug-likeness (QED) is 0.398. The second-order valence-corrected chi connectivity index (χ2v) is 4.29. The molecule has 3 heteroatoms. The first-order chi connectivity index (χ1) is 7.70. The second-order valence-electron chi connectivity index (χ2n) is 4.29. The third kappa shape index (κ3) is 1.46. The summed E-state index contributed by atoms with van der Waals surface area (Å²) in [5, 5.41) is 0. The molecular weight excluding hydrogens is 202 g/mol. The van der Waals surface area contributed by atoms with Crippen LogP contribution in [0.15, 0.2) is 12.2 Å². The summed E-state index contributed by atoms with van der Waals surface area (Å²) >= 11 is 0. The molecule has 1 fully saturated rings. The van der Waals surface area contributed by atoms with E-state index in [0.29, 0.717) is 19.3 Å². The molecule has 1 aliphatic carbocycles. The third-order valence-electron chi connectivity index (χ3n) is 3.43. The lowest BCUT2D eigenvalue weighted by Gasteiger charge is -2.20. The Labute approximate surface area is 95.5 Å². The van der Waals surface area contributed by atoms with Gasteiger partial charge in [-0.25, -0.2) is 0 Å². The fourth-order valence-corrected chi connectivity index (χ4v) is 2.51. The van der Waals surface area contributed by atoms with Crippen LogP contribution in [0.4, 0.5) is 0 Å². The van der Waals surface area contributed by atoms with Gasteiger partial charge in [0.15, 0.2) is 0 Å². The number of hydrogen-bond acceptors (Lipinski definition) is 2. The van der Waals surface area contributed by atoms with E-state index in [1.165, 1.54) is 4.90 Å². The molecule has 1 saturated heterocycles. The SMILES string of the molecule is C#CC(CC)N1C(=O)[C@H]2CC=CC[C@H]2C1=O. The molecule has 16 heavy (non-hydrogen) atoms. The van der Waals surface area contributed by atoms with Gasteiger partial charge in [-0.1, -0.05) is 25.0 Å². The van der Waals surface area contributed by atoms with Crippen LogP contribution in [0, 0.1) is 24.2 Å². The minimum atomic E-state index is -0.370. The topological polar surface area (TPSA) is 37.4 Å². The van der Waals surface area contributed by atoms with Gasteiger partial charge < -0.3 is 0 Å². The van der Waals surface area contributed by atoms with Crippen molar-refractivity contribution in [1.29, 1.82) is 0 Å². The molecule has 0 aromatic carbocycles. The molecule has 0 spiro atoms. The molecule has 0 bridgehead atoms. The highest BCUT2D eigenvalue weighted by Gasteiger charge is 2.48. The number of carbonyl (C=O) groups excluding carboxylic acids is 2. The van der Waals surface area contributed by atoms with Gasteiger partial charge in [0.2, 0.25) is 11.8 Å². The van der Waals surface area contributed by atoms with E-state index < -0.39 is 0 Å². The molecule has 3 nitrogen and oxygen atoms in total. The van der Waals surface area contributed by atoms with E-state index in [1.54, 1.807) is 0 Å². The molecule has 3 atom stereocenters. The molecule has 1 unspecified atom stereocenters. The maximum absolute atomic E-state index is 12.1. The Balaban J connectivity index is 2.28. The molecule has 1 aliphatic heterocycles. The van der Waals surface area contributed by atoms with Gasteiger partial charge in [-0.15, -0.1) is 6.42 Å². The normalized spacial score (nSPS) is 30.1. The van der Waals surface area contributed by atoms with E-state index in [0.717, 1.165) is 0 Å². The number of imide groups is 1. The first kappa shape index (κ1) is 10.9. The zero-order chi connectivity index (χ0) is 11.7. The van der Waals surface area contributed by atoms with Crippen LogP contribution in [0.2, 0.25) is 0 Å². The summed E-state index contributed by atoms with van der Waals surface area (Å²) < 4.78 is 0. The molecule has 0 aromatic rings. The van der Waals surface area contributed by atoms with Gasteiger partial charge in [-0.05, 0) is 19.3 Å². The molecule has 2 amide bonds. The second kappa shape index (κ2) is 4.13. The van der Waals surface area contributed by atoms with E-state index in [1.807, 2.05) is 19.1 Å². The summed E-state index contributed by atoms with van der Waals surface area (Å²) in [6.45, 7) is 1.89. The van der Waals surface area contributed by atoms with Crippen molar-refractivity contribution in [3.05, 3.63) is 12.2 Å². The van der Waals surface area contributed by atoms with E-state index in [-0.39, 0.29) is 29.7 Å². The number of amides is 2. The van der Waals surface area contributed by atoms with Gasteiger partial charge in [0.1, 0.15) is 6.04 Å². The molecule has 84 valence electrons. The van der Waals surface area contributed by atoms with E-state index in [4.69, 9.17) is 6.42 Å². The Morgan fingerprint density at radius 1 is 1.38 bits per heavy atom. The largest absolute Gasteiger partial charge is 0.274 e. The number of nitrogens with zero attached hydrogens (tertiary/aromatic N) is 1. The van der Waals surface area contributed by atoms with Crippen LogP contribution in [0.1, 0.15) is 26.2 Å². The molecule has 0 saturated carbocycles. The lowest BCUT2D eigenvalue weighted by Crippen LogP contribution is -2.39. The van der Waals surface area contributed by atoms with Crippen molar-refractivity contribution in [2.24, 2.45) is 11.8 Å². The summed E-state index contributed by atoms with van der Waals surface area (Å²) in [5.41, 5.74) is 0. The van der Waals surface area contributed by atoms with Gasteiger partial charge in [-0.3, -0.25) is 14.5 Å². The molecule has 0 aromatic heterocycles. The van der Waals surface area contributed by atoms with Crippen molar-refractivity contribution < 1.29 is 9.59 Å². The highest BCUT2D eigenvalue weighted by Crippen LogP contribution is 2.36. The van der Waals surface area contributed by atoms with Gasteiger partial charge in [0.25, 0.3) is 0 Å². The van der Waals surface area contributed by atoms with Crippen molar-refractivity contribution >= 4 is 11.8 Å². The van der Waals surface area contributed by atoms with Gasteiger partial charge in [-0.2, -0.15) is 0 Å². The number of allylic oxidation sites excluding steroid dienone is 2. The van der Waals surface area contributed by atoms with Crippen LogP contribution in [0.5, 0.6) is 0 Å². The third-order valence-corrected chi connectivity index (χ3v) is 3.43. The summed E-state index contributed by atoms with van der Waals surface area (Å²) in [4.78, 5) is 25.5. The smallest absolute Gasteiger partial charge is 0.234 e. The highest BCUT2D eigenvalue weighted by atomic mass is 16.2. The molecule has 2 aliphatic rings. The van der Waals surface area contributed by atoms with Gasteiger partial charge in [0, 0.05) is 0 Å². The standard InChI is InChI=1S/C13H15NO2/c1-3-9(4-2)14-12(15)10-7-5-6-8-11(10)13(14)16/h1,5-6,9-11H,4,7-8H2,2H3/t9?,10-,11+. The minimum Gasteiger partial charge on any atom is -0.274 e. The van der Waals surface area contributed by atoms with Crippen LogP contribution in [0.25, 0.3) is 0 Å². The zero-order valence-electron chi connectivity index (χ0n) is 9.35. The Morgan fingerprint density at radius 3 is 2.25 bits per heavy atom. The number of carbonyl (C=O) groups is 2. The molecule has 0 N–H and O–H groups in total. The van der Waals surface area contributed by atoms with Crippen LogP contribution >= 0.6 is 0 Å². The Morgan fingerprint density at radius 2 is 1.88 bits per heavy atom. The summed E-state index contributed by atoms with van der Waals surface area (Å²) in [5.74, 6) is 2.04. The maximum atomic E-state index is 12.1. The predicted molar refractivity (Wildman–Crippen MR) is 60.1 cm³/mol. The Hall–Kier alpha value is -1.56. The van der Waals surface area contributed by atoms with Crippen molar-refractivity contribution in [2.75, 3.05) is 0 Å². The summed E-state index contributed by atoms with van der Waals surface area (Å²) in [7, 11) is 0. The molecule has 0 radical (unpaired) electrons. The fraction of sp³-hybridized carbons (Fsp3) is 0.538. The number of rotatable bonds is 2. The number of hydrogen-bond donors (Lipinski definition) is 0. The van der Waals surface area contributed by atoms with E-state index >= 15 is 0 Å². The van der Waals surface area contributed by atoms with Gasteiger partial charge in [0.05, 0.1) is 11.8 Å². The molecular formula is C13H15NO2. The average molecular weight is 217 g/mol. The van der Waals surface area contributed by atoms with Crippen molar-refractivity contribution in [3.63, 3.8) is 0 Å². The van der Waals surface area contributed by atoms with Crippen LogP contribution in [-0.4, -0.2) is 22.8 Å². The lowest BCUT2D eigenvalue weighted by molar-refractivity contribution is -0.141. The first-order valence-corrected chi connectivity index (χ1v) is 5.68. The van der Waals surface area contributed by atoms with Crippen molar-refractivity contribution in [1.82, 2.24) is 4.90 Å². The van der Waals surface area contributed by atoms with Crippen LogP contribution in [0.3, 0.4) is 0 Å². The van der Waals surface area contributed by atoms with Gasteiger partial charge >= 0.3 is 0 Å². The monoisotopic (exact) mass is 217 g/mol. The van der Waals surface area contributed by atoms with Crippen molar-refractivity contribution in [3.8, 4) is 12.3 Å². The van der Waals surface area contributed by atoms with E-state index in [9.17, 15) is 9.59 Å². The number of terminal acetylenes is 1. The number of fused-ring (bicyclic) bond motifs is 1. The van der Waals surface area contributed by atoms with E-state index in [2.05, 4.69) is 5.92 Å². The lowest BCUT2D eigenvalue weighted by atomic mass is 9.85. The average Bonchev–Trinajstić information content (AvgIpc) is 2.57. The predicted octanol–water partition coefficient (Wildman–Crippen LogP) is 1.35. The molecule has 1 heterocycles. The first-order valence-electron chi connectivity index (χ1n) is 5.68. The summed E-state index contributed by atoms with van der Waals surface area (Å²) in [6, 6.07) is -0.370. The van der Waals surface area contributed by atoms with Crippen LogP contribution < -0.4 is 0 Å². The number of likely N-dealkylation sites (tertiary alicyclic amines) is 1. The Bertz CT molecular complexity index is 365.